The first-order valence-electron chi connectivity index (χ1n) is 5.80. The molecule has 16 heavy (non-hydrogen) atoms. The lowest BCUT2D eigenvalue weighted by atomic mass is 10.3. The van der Waals surface area contributed by atoms with E-state index in [0.29, 0.717) is 13.1 Å². The van der Waals surface area contributed by atoms with Crippen molar-refractivity contribution < 1.29 is 13.2 Å². The van der Waals surface area contributed by atoms with Gasteiger partial charge in [-0.05, 0) is 19.8 Å². The molecule has 0 unspecified atom stereocenters. The van der Waals surface area contributed by atoms with Crippen molar-refractivity contribution in [2.45, 2.75) is 34.1 Å². The van der Waals surface area contributed by atoms with Gasteiger partial charge in [-0.1, -0.05) is 13.8 Å². The summed E-state index contributed by atoms with van der Waals surface area (Å²) in [6.45, 7) is 8.79. The molecule has 0 aromatic rings. The smallest absolute Gasteiger partial charge is 0.223 e. The molecule has 0 heterocycles. The van der Waals surface area contributed by atoms with Crippen LogP contribution >= 0.6 is 0 Å². The van der Waals surface area contributed by atoms with Crippen LogP contribution < -0.4 is 0 Å². The molecule has 5 heteroatoms. The predicted molar refractivity (Wildman–Crippen MR) is 66.0 cm³/mol. The van der Waals surface area contributed by atoms with Crippen molar-refractivity contribution in [3.05, 3.63) is 0 Å². The van der Waals surface area contributed by atoms with Crippen LogP contribution in [-0.4, -0.2) is 43.8 Å². The Hall–Kier alpha value is -0.580. The molecule has 0 bridgehead atoms. The van der Waals surface area contributed by atoms with Gasteiger partial charge in [-0.2, -0.15) is 0 Å². The fourth-order valence-electron chi connectivity index (χ4n) is 1.57. The Kier molecular flexibility index (Phi) is 6.64. The quantitative estimate of drug-likeness (QED) is 0.683. The van der Waals surface area contributed by atoms with Gasteiger partial charge in [0.25, 0.3) is 0 Å². The first-order valence-corrected chi connectivity index (χ1v) is 7.62. The van der Waals surface area contributed by atoms with Gasteiger partial charge in [-0.15, -0.1) is 0 Å². The SMILES string of the molecule is CCN(CC)C(=O)CCS(=O)(=O)CC(C)C. The molecule has 0 aromatic carbocycles. The van der Waals surface area contributed by atoms with Crippen LogP contribution in [0.25, 0.3) is 0 Å². The Bertz CT molecular complexity index is 305. The maximum atomic E-state index is 11.6. The molecule has 0 aromatic heterocycles. The van der Waals surface area contributed by atoms with Crippen molar-refractivity contribution in [1.82, 2.24) is 4.90 Å². The summed E-state index contributed by atoms with van der Waals surface area (Å²) in [6.07, 6.45) is 0.108. The van der Waals surface area contributed by atoms with E-state index in [1.807, 2.05) is 27.7 Å². The van der Waals surface area contributed by atoms with E-state index >= 15 is 0 Å². The van der Waals surface area contributed by atoms with Crippen molar-refractivity contribution >= 4 is 15.7 Å². The average molecular weight is 249 g/mol. The third kappa shape index (κ3) is 6.10. The van der Waals surface area contributed by atoms with Crippen LogP contribution in [-0.2, 0) is 14.6 Å². The molecule has 0 aliphatic heterocycles. The summed E-state index contributed by atoms with van der Waals surface area (Å²) in [7, 11) is -3.07. The summed E-state index contributed by atoms with van der Waals surface area (Å²) >= 11 is 0. The number of carbonyl (C=O) groups excluding carboxylic acids is 1. The molecule has 0 aliphatic rings. The van der Waals surface area contributed by atoms with Crippen LogP contribution in [0.2, 0.25) is 0 Å². The number of amides is 1. The zero-order valence-electron chi connectivity index (χ0n) is 10.7. The molecule has 0 atom stereocenters. The molecule has 96 valence electrons. The standard InChI is InChI=1S/C11H23NO3S/c1-5-12(6-2)11(13)7-8-16(14,15)9-10(3)4/h10H,5-9H2,1-4H3. The summed E-state index contributed by atoms with van der Waals surface area (Å²) in [4.78, 5) is 13.3. The molecule has 0 fully saturated rings. The molecule has 0 N–H and O–H groups in total. The Balaban J connectivity index is 4.19. The van der Waals surface area contributed by atoms with E-state index in [-0.39, 0.29) is 29.8 Å². The highest BCUT2D eigenvalue weighted by molar-refractivity contribution is 7.91. The fraction of sp³-hybridized carbons (Fsp3) is 0.909. The predicted octanol–water partition coefficient (Wildman–Crippen LogP) is 1.32. The van der Waals surface area contributed by atoms with Gasteiger partial charge in [0.1, 0.15) is 0 Å². The molecular weight excluding hydrogens is 226 g/mol. The van der Waals surface area contributed by atoms with Gasteiger partial charge in [-0.25, -0.2) is 8.42 Å². The molecule has 0 spiro atoms. The highest BCUT2D eigenvalue weighted by Crippen LogP contribution is 2.04. The van der Waals surface area contributed by atoms with E-state index in [4.69, 9.17) is 0 Å². The molecule has 0 aliphatic carbocycles. The molecule has 0 saturated heterocycles. The van der Waals surface area contributed by atoms with Crippen molar-refractivity contribution in [2.24, 2.45) is 5.92 Å². The molecule has 0 saturated carbocycles. The van der Waals surface area contributed by atoms with Crippen LogP contribution in [0.3, 0.4) is 0 Å². The normalized spacial score (nSPS) is 11.8. The van der Waals surface area contributed by atoms with Crippen molar-refractivity contribution in [3.63, 3.8) is 0 Å². The first kappa shape index (κ1) is 15.4. The van der Waals surface area contributed by atoms with Gasteiger partial charge >= 0.3 is 0 Å². The molecule has 1 amide bonds. The number of hydrogen-bond donors (Lipinski definition) is 0. The number of hydrogen-bond acceptors (Lipinski definition) is 3. The number of nitrogens with zero attached hydrogens (tertiary/aromatic N) is 1. The van der Waals surface area contributed by atoms with Gasteiger partial charge in [0.05, 0.1) is 11.5 Å². The van der Waals surface area contributed by atoms with Crippen molar-refractivity contribution in [1.29, 1.82) is 0 Å². The summed E-state index contributed by atoms with van der Waals surface area (Å²) in [5, 5.41) is 0. The highest BCUT2D eigenvalue weighted by atomic mass is 32.2. The van der Waals surface area contributed by atoms with Gasteiger partial charge < -0.3 is 4.90 Å². The van der Waals surface area contributed by atoms with Gasteiger partial charge in [0, 0.05) is 19.5 Å². The maximum Gasteiger partial charge on any atom is 0.223 e. The lowest BCUT2D eigenvalue weighted by Crippen LogP contribution is -2.32. The molecule has 0 radical (unpaired) electrons. The third-order valence-electron chi connectivity index (χ3n) is 2.33. The summed E-state index contributed by atoms with van der Waals surface area (Å²) in [5.74, 6) is 0.185. The minimum absolute atomic E-state index is 0.0273. The van der Waals surface area contributed by atoms with Crippen molar-refractivity contribution in [3.8, 4) is 0 Å². The number of sulfone groups is 1. The van der Waals surface area contributed by atoms with E-state index in [1.54, 1.807) is 4.90 Å². The summed E-state index contributed by atoms with van der Waals surface area (Å²) < 4.78 is 23.1. The van der Waals surface area contributed by atoms with E-state index in [0.717, 1.165) is 0 Å². The second-order valence-electron chi connectivity index (χ2n) is 4.32. The zero-order valence-corrected chi connectivity index (χ0v) is 11.5. The van der Waals surface area contributed by atoms with Gasteiger partial charge in [-0.3, -0.25) is 4.79 Å². The van der Waals surface area contributed by atoms with Crippen molar-refractivity contribution in [2.75, 3.05) is 24.6 Å². The summed E-state index contributed by atoms with van der Waals surface area (Å²) in [5.41, 5.74) is 0. The Morgan fingerprint density at radius 3 is 2.06 bits per heavy atom. The Labute approximate surface area is 98.9 Å². The average Bonchev–Trinajstić information content (AvgIpc) is 2.15. The molecule has 0 rings (SSSR count). The molecule has 4 nitrogen and oxygen atoms in total. The maximum absolute atomic E-state index is 11.6. The summed E-state index contributed by atoms with van der Waals surface area (Å²) in [6, 6.07) is 0. The van der Waals surface area contributed by atoms with Gasteiger partial charge in [0.2, 0.25) is 5.91 Å². The van der Waals surface area contributed by atoms with E-state index in [1.165, 1.54) is 0 Å². The Morgan fingerprint density at radius 1 is 1.19 bits per heavy atom. The largest absolute Gasteiger partial charge is 0.343 e. The second-order valence-corrected chi connectivity index (χ2v) is 6.55. The zero-order chi connectivity index (χ0) is 12.8. The van der Waals surface area contributed by atoms with Crippen LogP contribution in [0.4, 0.5) is 0 Å². The number of carbonyl (C=O) groups is 1. The highest BCUT2D eigenvalue weighted by Gasteiger charge is 2.17. The van der Waals surface area contributed by atoms with Crippen LogP contribution in [0, 0.1) is 5.92 Å². The first-order chi connectivity index (χ1) is 7.32. The topological polar surface area (TPSA) is 54.5 Å². The van der Waals surface area contributed by atoms with Gasteiger partial charge in [0.15, 0.2) is 9.84 Å². The van der Waals surface area contributed by atoms with Crippen LogP contribution in [0.15, 0.2) is 0 Å². The monoisotopic (exact) mass is 249 g/mol. The third-order valence-corrected chi connectivity index (χ3v) is 4.33. The second kappa shape index (κ2) is 6.89. The van der Waals surface area contributed by atoms with E-state index in [2.05, 4.69) is 0 Å². The lowest BCUT2D eigenvalue weighted by molar-refractivity contribution is -0.130. The van der Waals surface area contributed by atoms with E-state index in [9.17, 15) is 13.2 Å². The fourth-order valence-corrected chi connectivity index (χ4v) is 3.24. The molecular formula is C11H23NO3S. The lowest BCUT2D eigenvalue weighted by Gasteiger charge is -2.18. The minimum Gasteiger partial charge on any atom is -0.343 e. The van der Waals surface area contributed by atoms with Crippen LogP contribution in [0.1, 0.15) is 34.1 Å². The minimum atomic E-state index is -3.07. The number of rotatable bonds is 7. The van der Waals surface area contributed by atoms with E-state index < -0.39 is 9.84 Å². The van der Waals surface area contributed by atoms with Crippen LogP contribution in [0.5, 0.6) is 0 Å². The Morgan fingerprint density at radius 2 is 1.69 bits per heavy atom.